The molecule has 19 heavy (non-hydrogen) atoms. The number of aliphatic carboxylic acids is 1. The van der Waals surface area contributed by atoms with Crippen molar-refractivity contribution in [2.45, 2.75) is 19.3 Å². The molecule has 2 N–H and O–H groups in total. The van der Waals surface area contributed by atoms with E-state index in [9.17, 15) is 14.0 Å². The standard InChI is InChI=1S/C13H13BrFNO3/c14-7-4-5-11(10(15)6-7)16-12(17)8-2-1-3-9(8)13(18)19/h4-6,8-9H,1-3H2,(H,16,17)(H,18,19)/t8-,9+/m1/s1. The van der Waals surface area contributed by atoms with E-state index in [-0.39, 0.29) is 5.69 Å². The van der Waals surface area contributed by atoms with Crippen LogP contribution in [0.4, 0.5) is 10.1 Å². The minimum Gasteiger partial charge on any atom is -0.481 e. The largest absolute Gasteiger partial charge is 0.481 e. The Morgan fingerprint density at radius 3 is 2.63 bits per heavy atom. The lowest BCUT2D eigenvalue weighted by Gasteiger charge is -2.15. The normalized spacial score (nSPS) is 22.2. The van der Waals surface area contributed by atoms with Crippen molar-refractivity contribution >= 4 is 33.5 Å². The Kier molecular flexibility index (Phi) is 4.19. The van der Waals surface area contributed by atoms with Crippen LogP contribution in [0, 0.1) is 17.7 Å². The first-order valence-corrected chi connectivity index (χ1v) is 6.77. The average molecular weight is 330 g/mol. The predicted molar refractivity (Wildman–Crippen MR) is 71.2 cm³/mol. The molecular weight excluding hydrogens is 317 g/mol. The molecule has 2 atom stereocenters. The zero-order valence-electron chi connectivity index (χ0n) is 10.0. The van der Waals surface area contributed by atoms with E-state index in [0.717, 1.165) is 0 Å². The van der Waals surface area contributed by atoms with Gasteiger partial charge in [-0.05, 0) is 31.0 Å². The van der Waals surface area contributed by atoms with Gasteiger partial charge in [0.1, 0.15) is 5.82 Å². The van der Waals surface area contributed by atoms with Crippen LogP contribution in [0.15, 0.2) is 22.7 Å². The van der Waals surface area contributed by atoms with Gasteiger partial charge in [0.2, 0.25) is 5.91 Å². The second-order valence-corrected chi connectivity index (χ2v) is 5.51. The van der Waals surface area contributed by atoms with Crippen LogP contribution in [0.25, 0.3) is 0 Å². The fourth-order valence-corrected chi connectivity index (χ4v) is 2.72. The summed E-state index contributed by atoms with van der Waals surface area (Å²) >= 11 is 3.13. The van der Waals surface area contributed by atoms with E-state index >= 15 is 0 Å². The highest BCUT2D eigenvalue weighted by Gasteiger charge is 2.37. The van der Waals surface area contributed by atoms with Crippen molar-refractivity contribution in [2.24, 2.45) is 11.8 Å². The lowest BCUT2D eigenvalue weighted by atomic mass is 9.95. The second-order valence-electron chi connectivity index (χ2n) is 4.60. The number of carbonyl (C=O) groups is 2. The Bertz CT molecular complexity index is 521. The lowest BCUT2D eigenvalue weighted by molar-refractivity contribution is -0.145. The predicted octanol–water partition coefficient (Wildman–Crippen LogP) is 3.03. The van der Waals surface area contributed by atoms with Gasteiger partial charge in [-0.15, -0.1) is 0 Å². The van der Waals surface area contributed by atoms with Crippen molar-refractivity contribution in [1.82, 2.24) is 0 Å². The number of carboxylic acids is 1. The smallest absolute Gasteiger partial charge is 0.307 e. The number of hydrogen-bond donors (Lipinski definition) is 2. The number of amides is 1. The molecule has 0 heterocycles. The first-order chi connectivity index (χ1) is 8.99. The average Bonchev–Trinajstić information content (AvgIpc) is 2.82. The van der Waals surface area contributed by atoms with Gasteiger partial charge in [0.05, 0.1) is 17.5 Å². The summed E-state index contributed by atoms with van der Waals surface area (Å²) in [4.78, 5) is 23.0. The van der Waals surface area contributed by atoms with Crippen LogP contribution in [0.1, 0.15) is 19.3 Å². The summed E-state index contributed by atoms with van der Waals surface area (Å²) in [6.45, 7) is 0. The van der Waals surface area contributed by atoms with Gasteiger partial charge in [0, 0.05) is 4.47 Å². The van der Waals surface area contributed by atoms with Gasteiger partial charge in [0.15, 0.2) is 0 Å². The van der Waals surface area contributed by atoms with Gasteiger partial charge in [-0.25, -0.2) is 4.39 Å². The third-order valence-electron chi connectivity index (χ3n) is 3.36. The number of hydrogen-bond acceptors (Lipinski definition) is 2. The molecule has 0 radical (unpaired) electrons. The minimum absolute atomic E-state index is 0.0734. The molecule has 1 aromatic carbocycles. The van der Waals surface area contributed by atoms with Crippen molar-refractivity contribution in [2.75, 3.05) is 5.32 Å². The molecule has 0 saturated heterocycles. The maximum absolute atomic E-state index is 13.6. The van der Waals surface area contributed by atoms with Gasteiger partial charge < -0.3 is 10.4 Å². The molecule has 0 unspecified atom stereocenters. The molecular formula is C13H13BrFNO3. The molecule has 0 bridgehead atoms. The molecule has 1 aromatic rings. The molecule has 1 aliphatic carbocycles. The Morgan fingerprint density at radius 1 is 1.32 bits per heavy atom. The summed E-state index contributed by atoms with van der Waals surface area (Å²) in [5, 5.41) is 11.5. The van der Waals surface area contributed by atoms with Crippen molar-refractivity contribution in [3.8, 4) is 0 Å². The molecule has 1 fully saturated rings. The van der Waals surface area contributed by atoms with Gasteiger partial charge in [-0.2, -0.15) is 0 Å². The Labute approximate surface area is 118 Å². The summed E-state index contributed by atoms with van der Waals surface area (Å²) in [5.41, 5.74) is 0.0734. The molecule has 0 aliphatic heterocycles. The van der Waals surface area contributed by atoms with Crippen molar-refractivity contribution in [3.05, 3.63) is 28.5 Å². The SMILES string of the molecule is O=C(O)[C@H]1CCC[C@H]1C(=O)Nc1ccc(Br)cc1F. The summed E-state index contributed by atoms with van der Waals surface area (Å²) in [6.07, 6.45) is 1.73. The van der Waals surface area contributed by atoms with E-state index in [4.69, 9.17) is 5.11 Å². The van der Waals surface area contributed by atoms with Gasteiger partial charge in [-0.3, -0.25) is 9.59 Å². The van der Waals surface area contributed by atoms with Gasteiger partial charge >= 0.3 is 5.97 Å². The zero-order valence-corrected chi connectivity index (χ0v) is 11.6. The van der Waals surface area contributed by atoms with Crippen LogP contribution in [0.2, 0.25) is 0 Å². The number of nitrogens with one attached hydrogen (secondary N) is 1. The van der Waals surface area contributed by atoms with Crippen LogP contribution in [-0.4, -0.2) is 17.0 Å². The number of anilines is 1. The first-order valence-electron chi connectivity index (χ1n) is 5.98. The number of benzene rings is 1. The maximum atomic E-state index is 13.6. The maximum Gasteiger partial charge on any atom is 0.307 e. The molecule has 2 rings (SSSR count). The number of rotatable bonds is 3. The van der Waals surface area contributed by atoms with Gasteiger partial charge in [-0.1, -0.05) is 22.4 Å². The zero-order chi connectivity index (χ0) is 14.0. The molecule has 102 valence electrons. The van der Waals surface area contributed by atoms with E-state index in [2.05, 4.69) is 21.2 Å². The Hall–Kier alpha value is -1.43. The highest BCUT2D eigenvalue weighted by molar-refractivity contribution is 9.10. The molecule has 0 spiro atoms. The highest BCUT2D eigenvalue weighted by Crippen LogP contribution is 2.33. The number of halogens is 2. The minimum atomic E-state index is -0.964. The van der Waals surface area contributed by atoms with Crippen LogP contribution in [0.3, 0.4) is 0 Å². The number of carboxylic acid groups (broad SMARTS) is 1. The van der Waals surface area contributed by atoms with Crippen LogP contribution in [0.5, 0.6) is 0 Å². The molecule has 1 amide bonds. The van der Waals surface area contributed by atoms with E-state index in [1.165, 1.54) is 12.1 Å². The Morgan fingerprint density at radius 2 is 2.00 bits per heavy atom. The summed E-state index contributed by atoms with van der Waals surface area (Å²) in [5.74, 6) is -3.19. The summed E-state index contributed by atoms with van der Waals surface area (Å²) < 4.78 is 14.2. The van der Waals surface area contributed by atoms with E-state index in [0.29, 0.717) is 23.7 Å². The molecule has 1 aliphatic rings. The van der Waals surface area contributed by atoms with Crippen LogP contribution >= 0.6 is 15.9 Å². The monoisotopic (exact) mass is 329 g/mol. The number of carbonyl (C=O) groups excluding carboxylic acids is 1. The van der Waals surface area contributed by atoms with Crippen LogP contribution in [-0.2, 0) is 9.59 Å². The van der Waals surface area contributed by atoms with Crippen molar-refractivity contribution < 1.29 is 19.1 Å². The Balaban J connectivity index is 2.10. The van der Waals surface area contributed by atoms with Gasteiger partial charge in [0.25, 0.3) is 0 Å². The molecule has 1 saturated carbocycles. The summed E-state index contributed by atoms with van der Waals surface area (Å²) in [7, 11) is 0. The fourth-order valence-electron chi connectivity index (χ4n) is 2.39. The topological polar surface area (TPSA) is 66.4 Å². The second kappa shape index (κ2) is 5.69. The molecule has 0 aromatic heterocycles. The molecule has 6 heteroatoms. The van der Waals surface area contributed by atoms with E-state index in [1.807, 2.05) is 0 Å². The van der Waals surface area contributed by atoms with E-state index < -0.39 is 29.5 Å². The van der Waals surface area contributed by atoms with E-state index in [1.54, 1.807) is 6.07 Å². The quantitative estimate of drug-likeness (QED) is 0.895. The first kappa shape index (κ1) is 14.0. The summed E-state index contributed by atoms with van der Waals surface area (Å²) in [6, 6.07) is 4.31. The highest BCUT2D eigenvalue weighted by atomic mass is 79.9. The third kappa shape index (κ3) is 3.12. The van der Waals surface area contributed by atoms with Crippen molar-refractivity contribution in [3.63, 3.8) is 0 Å². The third-order valence-corrected chi connectivity index (χ3v) is 3.85. The van der Waals surface area contributed by atoms with Crippen molar-refractivity contribution in [1.29, 1.82) is 0 Å². The van der Waals surface area contributed by atoms with Crippen LogP contribution < -0.4 is 5.32 Å². The molecule has 4 nitrogen and oxygen atoms in total. The fraction of sp³-hybridized carbons (Fsp3) is 0.385. The lowest BCUT2D eigenvalue weighted by Crippen LogP contribution is -2.30.